The Bertz CT molecular complexity index is 652. The Kier molecular flexibility index (Phi) is 3.43. The number of anilines is 1. The zero-order valence-corrected chi connectivity index (χ0v) is 11.1. The maximum Gasteiger partial charge on any atom is 0.418 e. The normalized spacial score (nSPS) is 15.4. The second-order valence-corrected chi connectivity index (χ2v) is 4.67. The van der Waals surface area contributed by atoms with E-state index in [1.807, 2.05) is 0 Å². The molecule has 0 aromatic heterocycles. The fraction of sp³-hybridized carbons (Fsp3) is 0.200. The van der Waals surface area contributed by atoms with Gasteiger partial charge in [0.1, 0.15) is 5.69 Å². The predicted molar refractivity (Wildman–Crippen MR) is 59.6 cm³/mol. The molecule has 1 radical (unpaired) electrons. The molecule has 1 aliphatic heterocycles. The first-order chi connectivity index (χ1) is 9.43. The van der Waals surface area contributed by atoms with Crippen LogP contribution >= 0.6 is 15.9 Å². The summed E-state index contributed by atoms with van der Waals surface area (Å²) in [7, 11) is 0. The van der Waals surface area contributed by atoms with Crippen molar-refractivity contribution < 1.29 is 35.9 Å². The lowest BCUT2D eigenvalue weighted by Gasteiger charge is -2.23. The van der Waals surface area contributed by atoms with Gasteiger partial charge in [-0.2, -0.15) is 26.3 Å². The third-order valence-electron chi connectivity index (χ3n) is 2.49. The first kappa shape index (κ1) is 15.6. The molecule has 0 saturated heterocycles. The number of carbonyl (C=O) groups is 2. The van der Waals surface area contributed by atoms with Gasteiger partial charge < -0.3 is 5.32 Å². The standard InChI is InChI=1S/C10H2BrF6N2O2/c11-5-4(10(15,16)17)2(9(12,13)14)1-3-6(5)19-8(21)7(20)18-3/h1H,(H,18,20). The topological polar surface area (TPSA) is 60.3 Å². The van der Waals surface area contributed by atoms with E-state index in [0.717, 1.165) is 0 Å². The molecule has 0 aliphatic carbocycles. The van der Waals surface area contributed by atoms with E-state index in [9.17, 15) is 35.9 Å². The lowest BCUT2D eigenvalue weighted by atomic mass is 10.0. The molecule has 0 saturated carbocycles. The van der Waals surface area contributed by atoms with Gasteiger partial charge >= 0.3 is 24.2 Å². The quantitative estimate of drug-likeness (QED) is 0.559. The zero-order chi connectivity index (χ0) is 16.2. The summed E-state index contributed by atoms with van der Waals surface area (Å²) < 4.78 is 75.8. The number of nitrogens with zero attached hydrogens (tertiary/aromatic N) is 1. The van der Waals surface area contributed by atoms with Crippen molar-refractivity contribution in [1.29, 1.82) is 0 Å². The van der Waals surface area contributed by atoms with Gasteiger partial charge in [0.2, 0.25) is 0 Å². The second kappa shape index (κ2) is 4.61. The molecular weight excluding hydrogens is 374 g/mol. The van der Waals surface area contributed by atoms with E-state index in [4.69, 9.17) is 0 Å². The Hall–Kier alpha value is -1.78. The highest BCUT2D eigenvalue weighted by molar-refractivity contribution is 9.10. The van der Waals surface area contributed by atoms with Gasteiger partial charge in [-0.25, -0.2) is 5.32 Å². The molecule has 1 aliphatic rings. The number of hydrogen-bond acceptors (Lipinski definition) is 2. The van der Waals surface area contributed by atoms with E-state index in [-0.39, 0.29) is 6.07 Å². The van der Waals surface area contributed by atoms with Gasteiger partial charge in [-0.3, -0.25) is 9.59 Å². The highest BCUT2D eigenvalue weighted by Crippen LogP contribution is 2.49. The molecule has 2 amide bonds. The lowest BCUT2D eigenvalue weighted by Crippen LogP contribution is -2.34. The average molecular weight is 376 g/mol. The van der Waals surface area contributed by atoms with E-state index in [1.54, 1.807) is 5.32 Å². The third kappa shape index (κ3) is 2.69. The third-order valence-corrected chi connectivity index (χ3v) is 3.26. The summed E-state index contributed by atoms with van der Waals surface area (Å²) in [5, 5.41) is 4.82. The van der Waals surface area contributed by atoms with Gasteiger partial charge in [-0.1, -0.05) is 0 Å². The van der Waals surface area contributed by atoms with Crippen molar-refractivity contribution in [3.05, 3.63) is 21.7 Å². The van der Waals surface area contributed by atoms with Gasteiger partial charge in [0.15, 0.2) is 0 Å². The number of amides is 2. The van der Waals surface area contributed by atoms with Crippen LogP contribution in [0.2, 0.25) is 0 Å². The minimum Gasteiger partial charge on any atom is -0.316 e. The van der Waals surface area contributed by atoms with Crippen LogP contribution in [0, 0.1) is 0 Å². The molecule has 1 aromatic rings. The molecular formula is C10H2BrF6N2O2. The molecule has 11 heteroatoms. The summed E-state index contributed by atoms with van der Waals surface area (Å²) in [5.74, 6) is -2.74. The van der Waals surface area contributed by atoms with Crippen LogP contribution in [0.25, 0.3) is 0 Å². The molecule has 0 unspecified atom stereocenters. The smallest absolute Gasteiger partial charge is 0.316 e. The number of fused-ring (bicyclic) bond motifs is 1. The van der Waals surface area contributed by atoms with Crippen molar-refractivity contribution in [3.63, 3.8) is 0 Å². The summed E-state index contributed by atoms with van der Waals surface area (Å²) >= 11 is 2.38. The molecule has 113 valence electrons. The molecule has 1 N–H and O–H groups in total. The Morgan fingerprint density at radius 1 is 1.05 bits per heavy atom. The fourth-order valence-corrected chi connectivity index (χ4v) is 2.41. The highest BCUT2D eigenvalue weighted by Gasteiger charge is 2.47. The fourth-order valence-electron chi connectivity index (χ4n) is 1.67. The van der Waals surface area contributed by atoms with Crippen LogP contribution < -0.4 is 10.6 Å². The molecule has 21 heavy (non-hydrogen) atoms. The number of benzene rings is 1. The van der Waals surface area contributed by atoms with Crippen LogP contribution in [0.15, 0.2) is 10.5 Å². The van der Waals surface area contributed by atoms with Crippen molar-refractivity contribution >= 4 is 39.1 Å². The van der Waals surface area contributed by atoms with Gasteiger partial charge in [0, 0.05) is 0 Å². The van der Waals surface area contributed by atoms with E-state index < -0.39 is 51.1 Å². The van der Waals surface area contributed by atoms with E-state index in [2.05, 4.69) is 21.2 Å². The van der Waals surface area contributed by atoms with Gasteiger partial charge in [0.25, 0.3) is 0 Å². The van der Waals surface area contributed by atoms with Crippen LogP contribution in [0.3, 0.4) is 0 Å². The highest BCUT2D eigenvalue weighted by atomic mass is 79.9. The molecule has 0 bridgehead atoms. The van der Waals surface area contributed by atoms with Gasteiger partial charge in [0.05, 0.1) is 21.3 Å². The first-order valence-electron chi connectivity index (χ1n) is 5.01. The second-order valence-electron chi connectivity index (χ2n) is 3.88. The van der Waals surface area contributed by atoms with Crippen molar-refractivity contribution in [1.82, 2.24) is 5.32 Å². The molecule has 4 nitrogen and oxygen atoms in total. The largest absolute Gasteiger partial charge is 0.418 e. The maximum absolute atomic E-state index is 12.8. The Morgan fingerprint density at radius 2 is 1.62 bits per heavy atom. The number of carbonyl (C=O) groups excluding carboxylic acids is 2. The summed E-state index contributed by atoms with van der Waals surface area (Å²) in [5.41, 5.74) is -5.35. The van der Waals surface area contributed by atoms with Crippen molar-refractivity contribution in [2.45, 2.75) is 12.4 Å². The Balaban J connectivity index is 2.80. The van der Waals surface area contributed by atoms with Crippen molar-refractivity contribution in [2.24, 2.45) is 0 Å². The summed E-state index contributed by atoms with van der Waals surface area (Å²) in [6.07, 6.45) is -10.6. The predicted octanol–water partition coefficient (Wildman–Crippen LogP) is 3.20. The number of nitrogens with one attached hydrogen (secondary N) is 1. The summed E-state index contributed by atoms with van der Waals surface area (Å²) in [6.45, 7) is 0. The van der Waals surface area contributed by atoms with Crippen molar-refractivity contribution in [3.8, 4) is 0 Å². The number of alkyl halides is 6. The minimum atomic E-state index is -5.33. The lowest BCUT2D eigenvalue weighted by molar-refractivity contribution is -0.162. The maximum atomic E-state index is 12.8. The number of rotatable bonds is 0. The van der Waals surface area contributed by atoms with E-state index in [1.165, 1.54) is 0 Å². The Labute approximate surface area is 120 Å². The van der Waals surface area contributed by atoms with Gasteiger partial charge in [-0.15, -0.1) is 0 Å². The summed E-state index contributed by atoms with van der Waals surface area (Å²) in [6, 6.07) is 0.0940. The van der Waals surface area contributed by atoms with Crippen LogP contribution in [0.5, 0.6) is 0 Å². The molecule has 0 atom stereocenters. The van der Waals surface area contributed by atoms with E-state index >= 15 is 0 Å². The van der Waals surface area contributed by atoms with Crippen LogP contribution in [0.1, 0.15) is 11.1 Å². The Morgan fingerprint density at radius 3 is 2.10 bits per heavy atom. The number of hydrogen-bond donors (Lipinski definition) is 1. The first-order valence-corrected chi connectivity index (χ1v) is 5.80. The number of halogens is 7. The molecule has 2 rings (SSSR count). The molecule has 0 fully saturated rings. The SMILES string of the molecule is O=C1[N]c2c(cc(C(F)(F)F)c(C(F)(F)F)c2Br)NC1=O. The molecule has 1 aromatic carbocycles. The van der Waals surface area contributed by atoms with Crippen LogP contribution in [-0.4, -0.2) is 11.8 Å². The summed E-state index contributed by atoms with van der Waals surface area (Å²) in [4.78, 5) is 22.1. The van der Waals surface area contributed by atoms with Crippen molar-refractivity contribution in [2.75, 3.05) is 5.32 Å². The average Bonchev–Trinajstić information content (AvgIpc) is 2.28. The molecule has 0 spiro atoms. The zero-order valence-electron chi connectivity index (χ0n) is 9.49. The van der Waals surface area contributed by atoms with Gasteiger partial charge in [-0.05, 0) is 22.0 Å². The van der Waals surface area contributed by atoms with Crippen LogP contribution in [-0.2, 0) is 21.9 Å². The minimum absolute atomic E-state index is 0.0940. The monoisotopic (exact) mass is 375 g/mol. The van der Waals surface area contributed by atoms with Crippen LogP contribution in [0.4, 0.5) is 37.7 Å². The van der Waals surface area contributed by atoms with E-state index in [0.29, 0.717) is 0 Å². The molecule has 1 heterocycles.